The van der Waals surface area contributed by atoms with Gasteiger partial charge in [0.05, 0.1) is 18.6 Å². The van der Waals surface area contributed by atoms with Crippen LogP contribution in [0.25, 0.3) is 11.1 Å². The number of hydrogen-bond acceptors (Lipinski definition) is 5. The standard InChI is InChI=1S/C27H30N2O6/c30-25(28-13-19-12-17(14-34-19)26(31)32)11-16-9-18(10-16)29-27(33)35-15-24-22-7-3-1-5-20(22)21-6-2-4-8-23(21)24/h1-8,16-19,24H,9-15H2,(H,28,30)(H,29,33)(H,31,32)/t16?,17-,18?,19-/m1/s1. The fraction of sp³-hybridized carbons (Fsp3) is 0.444. The lowest BCUT2D eigenvalue weighted by atomic mass is 9.78. The van der Waals surface area contributed by atoms with Gasteiger partial charge in [0.1, 0.15) is 6.61 Å². The van der Waals surface area contributed by atoms with Gasteiger partial charge in [-0.1, -0.05) is 48.5 Å². The second-order valence-electron chi connectivity index (χ2n) is 9.74. The Morgan fingerprint density at radius 1 is 0.971 bits per heavy atom. The normalized spacial score (nSPS) is 24.7. The number of hydrogen-bond donors (Lipinski definition) is 3. The number of carbonyl (C=O) groups is 3. The molecule has 1 aliphatic heterocycles. The Hall–Kier alpha value is -3.39. The second kappa shape index (κ2) is 10.1. The molecule has 2 fully saturated rings. The Morgan fingerprint density at radius 3 is 2.26 bits per heavy atom. The van der Waals surface area contributed by atoms with Crippen molar-refractivity contribution in [3.8, 4) is 11.1 Å². The van der Waals surface area contributed by atoms with Crippen molar-refractivity contribution >= 4 is 18.0 Å². The number of fused-ring (bicyclic) bond motifs is 3. The predicted molar refractivity (Wildman–Crippen MR) is 128 cm³/mol. The van der Waals surface area contributed by atoms with E-state index in [9.17, 15) is 14.4 Å². The zero-order chi connectivity index (χ0) is 24.4. The number of amides is 2. The van der Waals surface area contributed by atoms with E-state index in [0.29, 0.717) is 19.4 Å². The highest BCUT2D eigenvalue weighted by Gasteiger charge is 2.34. The molecule has 2 atom stereocenters. The molecule has 2 aromatic carbocycles. The maximum atomic E-state index is 12.4. The highest BCUT2D eigenvalue weighted by atomic mass is 16.5. The number of alkyl carbamates (subject to hydrolysis) is 1. The van der Waals surface area contributed by atoms with E-state index in [0.717, 1.165) is 12.8 Å². The van der Waals surface area contributed by atoms with E-state index in [1.54, 1.807) is 0 Å². The molecule has 5 rings (SSSR count). The van der Waals surface area contributed by atoms with Crippen LogP contribution in [0.15, 0.2) is 48.5 Å². The fourth-order valence-corrected chi connectivity index (χ4v) is 5.41. The molecule has 2 amide bonds. The van der Waals surface area contributed by atoms with Gasteiger partial charge in [0.15, 0.2) is 0 Å². The second-order valence-corrected chi connectivity index (χ2v) is 9.74. The molecule has 1 saturated heterocycles. The molecule has 2 aliphatic carbocycles. The average Bonchev–Trinajstić information content (AvgIpc) is 3.43. The highest BCUT2D eigenvalue weighted by molar-refractivity contribution is 5.79. The summed E-state index contributed by atoms with van der Waals surface area (Å²) < 4.78 is 11.0. The Kier molecular flexibility index (Phi) is 6.72. The van der Waals surface area contributed by atoms with Crippen LogP contribution in [-0.4, -0.2) is 55.0 Å². The van der Waals surface area contributed by atoms with E-state index in [1.807, 2.05) is 24.3 Å². The maximum absolute atomic E-state index is 12.4. The van der Waals surface area contributed by atoms with Crippen LogP contribution in [0.2, 0.25) is 0 Å². The molecule has 2 aromatic rings. The molecule has 0 bridgehead atoms. The summed E-state index contributed by atoms with van der Waals surface area (Å²) in [5, 5.41) is 14.8. The third-order valence-electron chi connectivity index (χ3n) is 7.33. The van der Waals surface area contributed by atoms with Crippen LogP contribution in [0, 0.1) is 11.8 Å². The molecule has 3 aliphatic rings. The van der Waals surface area contributed by atoms with Crippen molar-refractivity contribution in [2.75, 3.05) is 19.8 Å². The molecule has 184 valence electrons. The predicted octanol–water partition coefficient (Wildman–Crippen LogP) is 3.30. The van der Waals surface area contributed by atoms with Gasteiger partial charge in [-0.2, -0.15) is 0 Å². The van der Waals surface area contributed by atoms with Gasteiger partial charge in [0.2, 0.25) is 5.91 Å². The minimum absolute atomic E-state index is 0.0120. The topological polar surface area (TPSA) is 114 Å². The van der Waals surface area contributed by atoms with Gasteiger partial charge in [0, 0.05) is 24.9 Å². The number of carboxylic acids is 1. The Labute approximate surface area is 204 Å². The van der Waals surface area contributed by atoms with Gasteiger partial charge in [-0.25, -0.2) is 4.79 Å². The maximum Gasteiger partial charge on any atom is 0.407 e. The summed E-state index contributed by atoms with van der Waals surface area (Å²) >= 11 is 0. The number of nitrogens with one attached hydrogen (secondary N) is 2. The molecule has 35 heavy (non-hydrogen) atoms. The first kappa shape index (κ1) is 23.4. The van der Waals surface area contributed by atoms with E-state index < -0.39 is 18.0 Å². The van der Waals surface area contributed by atoms with Gasteiger partial charge < -0.3 is 25.2 Å². The van der Waals surface area contributed by atoms with Crippen molar-refractivity contribution in [1.82, 2.24) is 10.6 Å². The molecule has 1 saturated carbocycles. The van der Waals surface area contributed by atoms with Crippen molar-refractivity contribution in [3.63, 3.8) is 0 Å². The summed E-state index contributed by atoms with van der Waals surface area (Å²) in [4.78, 5) is 35.6. The first-order valence-electron chi connectivity index (χ1n) is 12.2. The molecule has 8 nitrogen and oxygen atoms in total. The minimum Gasteiger partial charge on any atom is -0.481 e. The van der Waals surface area contributed by atoms with Crippen LogP contribution in [0.3, 0.4) is 0 Å². The molecular formula is C27H30N2O6. The molecule has 0 aromatic heterocycles. The van der Waals surface area contributed by atoms with Crippen molar-refractivity contribution in [3.05, 3.63) is 59.7 Å². The van der Waals surface area contributed by atoms with Crippen molar-refractivity contribution in [2.45, 2.75) is 43.7 Å². The Morgan fingerprint density at radius 2 is 1.63 bits per heavy atom. The number of rotatable bonds is 8. The van der Waals surface area contributed by atoms with Crippen LogP contribution >= 0.6 is 0 Å². The van der Waals surface area contributed by atoms with Crippen molar-refractivity contribution in [2.24, 2.45) is 11.8 Å². The Balaban J connectivity index is 1.01. The van der Waals surface area contributed by atoms with Crippen molar-refractivity contribution < 1.29 is 29.0 Å². The molecule has 0 radical (unpaired) electrons. The molecule has 0 unspecified atom stereocenters. The van der Waals surface area contributed by atoms with Crippen LogP contribution in [0.5, 0.6) is 0 Å². The van der Waals surface area contributed by atoms with Crippen LogP contribution in [0.4, 0.5) is 4.79 Å². The van der Waals surface area contributed by atoms with E-state index in [2.05, 4.69) is 34.9 Å². The smallest absolute Gasteiger partial charge is 0.407 e. The van der Waals surface area contributed by atoms with Crippen LogP contribution < -0.4 is 10.6 Å². The van der Waals surface area contributed by atoms with Gasteiger partial charge in [-0.15, -0.1) is 0 Å². The largest absolute Gasteiger partial charge is 0.481 e. The van der Waals surface area contributed by atoms with Gasteiger partial charge in [-0.05, 0) is 47.4 Å². The van der Waals surface area contributed by atoms with Crippen LogP contribution in [-0.2, 0) is 19.1 Å². The first-order valence-corrected chi connectivity index (χ1v) is 12.2. The summed E-state index contributed by atoms with van der Waals surface area (Å²) in [7, 11) is 0. The van der Waals surface area contributed by atoms with Crippen molar-refractivity contribution in [1.29, 1.82) is 0 Å². The van der Waals surface area contributed by atoms with Gasteiger partial charge >= 0.3 is 12.1 Å². The van der Waals surface area contributed by atoms with Gasteiger partial charge in [-0.3, -0.25) is 9.59 Å². The number of carbonyl (C=O) groups excluding carboxylic acids is 2. The molecule has 8 heteroatoms. The molecule has 0 spiro atoms. The minimum atomic E-state index is -0.858. The van der Waals surface area contributed by atoms with E-state index >= 15 is 0 Å². The number of benzene rings is 2. The summed E-state index contributed by atoms with van der Waals surface area (Å²) in [6, 6.07) is 16.5. The lowest BCUT2D eigenvalue weighted by Gasteiger charge is -2.35. The number of carboxylic acid groups (broad SMARTS) is 1. The summed E-state index contributed by atoms with van der Waals surface area (Å²) in [6.07, 6.45) is 1.61. The lowest BCUT2D eigenvalue weighted by molar-refractivity contribution is -0.141. The quantitative estimate of drug-likeness (QED) is 0.537. The summed E-state index contributed by atoms with van der Waals surface area (Å²) in [5.74, 6) is -1.18. The summed E-state index contributed by atoms with van der Waals surface area (Å²) in [5.41, 5.74) is 4.74. The molecular weight excluding hydrogens is 448 g/mol. The first-order chi connectivity index (χ1) is 17.0. The molecule has 3 N–H and O–H groups in total. The average molecular weight is 479 g/mol. The van der Waals surface area contributed by atoms with Gasteiger partial charge in [0.25, 0.3) is 0 Å². The third kappa shape index (κ3) is 5.17. The Bertz CT molecular complexity index is 1070. The highest BCUT2D eigenvalue weighted by Crippen LogP contribution is 2.44. The van der Waals surface area contributed by atoms with E-state index in [4.69, 9.17) is 14.6 Å². The van der Waals surface area contributed by atoms with E-state index in [-0.39, 0.29) is 43.1 Å². The molecule has 1 heterocycles. The van der Waals surface area contributed by atoms with Crippen LogP contribution in [0.1, 0.15) is 42.7 Å². The fourth-order valence-electron chi connectivity index (χ4n) is 5.41. The number of aliphatic carboxylic acids is 1. The summed E-state index contributed by atoms with van der Waals surface area (Å²) in [6.45, 7) is 0.808. The lowest BCUT2D eigenvalue weighted by Crippen LogP contribution is -2.46. The van der Waals surface area contributed by atoms with E-state index in [1.165, 1.54) is 22.3 Å². The zero-order valence-corrected chi connectivity index (χ0v) is 19.4. The third-order valence-corrected chi connectivity index (χ3v) is 7.33. The zero-order valence-electron chi connectivity index (χ0n) is 19.4. The monoisotopic (exact) mass is 478 g/mol. The number of ether oxygens (including phenoxy) is 2. The SMILES string of the molecule is O=C(CC1CC(NC(=O)OCC2c3ccccc3-c3ccccc32)C1)NC[C@H]1C[C@@H](C(=O)O)CO1.